The minimum absolute atomic E-state index is 0.0554. The van der Waals surface area contributed by atoms with Crippen LogP contribution in [0.15, 0.2) is 30.3 Å². The van der Waals surface area contributed by atoms with E-state index in [1.807, 2.05) is 18.2 Å². The van der Waals surface area contributed by atoms with Crippen molar-refractivity contribution in [3.63, 3.8) is 0 Å². The first-order valence-corrected chi connectivity index (χ1v) is 8.52. The molecule has 0 bridgehead atoms. The molecule has 106 valence electrons. The Labute approximate surface area is 115 Å². The van der Waals surface area contributed by atoms with Crippen LogP contribution in [0.1, 0.15) is 5.56 Å². The van der Waals surface area contributed by atoms with Gasteiger partial charge < -0.3 is 19.8 Å². The maximum Gasteiger partial charge on any atom is 0.408 e. The predicted octanol–water partition coefficient (Wildman–Crippen LogP) is 1.78. The Hall–Kier alpha value is -1.01. The Bertz CT molecular complexity index is 450. The largest absolute Gasteiger partial charge is 0.445 e. The van der Waals surface area contributed by atoms with Gasteiger partial charge in [0.25, 0.3) is 0 Å². The van der Waals surface area contributed by atoms with Gasteiger partial charge in [-0.15, -0.1) is 0 Å². The lowest BCUT2D eigenvalue weighted by Gasteiger charge is -2.18. The van der Waals surface area contributed by atoms with Gasteiger partial charge >= 0.3 is 13.7 Å². The van der Waals surface area contributed by atoms with Gasteiger partial charge in [-0.05, 0) is 11.8 Å². The second kappa shape index (κ2) is 7.55. The molecule has 1 rings (SSSR count). The number of hydrogen-bond acceptors (Lipinski definition) is 4. The normalized spacial score (nSPS) is 12.8. The molecule has 1 amide bonds. The molecular formula is C11H16NO5PS. The average molecular weight is 305 g/mol. The number of thioether (sulfide) groups is 1. The molecule has 0 radical (unpaired) electrons. The van der Waals surface area contributed by atoms with Crippen LogP contribution < -0.4 is 5.32 Å². The lowest BCUT2D eigenvalue weighted by atomic mass is 10.2. The standard InChI is InChI=1S/C11H16NO5PS/c1-19-8-10(18(14,15)16)12-11(13)17-7-9-5-3-2-4-6-9/h2-6,10H,7-8H2,1H3,(H,12,13)(H2,14,15,16). The third-order valence-electron chi connectivity index (χ3n) is 2.23. The highest BCUT2D eigenvalue weighted by Crippen LogP contribution is 2.40. The molecule has 0 aliphatic rings. The van der Waals surface area contributed by atoms with Crippen molar-refractivity contribution in [1.29, 1.82) is 0 Å². The molecule has 6 nitrogen and oxygen atoms in total. The van der Waals surface area contributed by atoms with E-state index in [-0.39, 0.29) is 12.4 Å². The molecule has 0 saturated heterocycles. The summed E-state index contributed by atoms with van der Waals surface area (Å²) in [4.78, 5) is 29.6. The molecule has 0 aromatic heterocycles. The molecule has 0 spiro atoms. The van der Waals surface area contributed by atoms with Gasteiger partial charge in [0.2, 0.25) is 0 Å². The Kier molecular flexibility index (Phi) is 6.37. The van der Waals surface area contributed by atoms with Crippen LogP contribution >= 0.6 is 19.4 Å². The second-order valence-corrected chi connectivity index (χ2v) is 6.48. The van der Waals surface area contributed by atoms with Gasteiger partial charge in [-0.1, -0.05) is 30.3 Å². The van der Waals surface area contributed by atoms with Crippen LogP contribution in [-0.2, 0) is 15.9 Å². The van der Waals surface area contributed by atoms with Gasteiger partial charge in [-0.2, -0.15) is 11.8 Å². The summed E-state index contributed by atoms with van der Waals surface area (Å²) >= 11 is 1.23. The number of carbonyl (C=O) groups is 1. The summed E-state index contributed by atoms with van der Waals surface area (Å²) in [6.45, 7) is 0.0554. The van der Waals surface area contributed by atoms with Gasteiger partial charge in [0.05, 0.1) is 0 Å². The number of amides is 1. The molecule has 0 saturated carbocycles. The number of ether oxygens (including phenoxy) is 1. The van der Waals surface area contributed by atoms with Crippen molar-refractivity contribution in [1.82, 2.24) is 5.32 Å². The monoisotopic (exact) mass is 305 g/mol. The van der Waals surface area contributed by atoms with Crippen molar-refractivity contribution < 1.29 is 23.9 Å². The first-order chi connectivity index (χ1) is 8.93. The zero-order valence-corrected chi connectivity index (χ0v) is 12.1. The predicted molar refractivity (Wildman–Crippen MR) is 74.0 cm³/mol. The highest BCUT2D eigenvalue weighted by molar-refractivity contribution is 7.98. The van der Waals surface area contributed by atoms with Crippen molar-refractivity contribution in [2.75, 3.05) is 12.0 Å². The van der Waals surface area contributed by atoms with Crippen molar-refractivity contribution in [3.8, 4) is 0 Å². The Morgan fingerprint density at radius 1 is 1.42 bits per heavy atom. The first-order valence-electron chi connectivity index (χ1n) is 5.45. The molecule has 0 aliphatic heterocycles. The molecular weight excluding hydrogens is 289 g/mol. The van der Waals surface area contributed by atoms with E-state index in [0.717, 1.165) is 5.56 Å². The highest BCUT2D eigenvalue weighted by Gasteiger charge is 2.30. The molecule has 19 heavy (non-hydrogen) atoms. The smallest absolute Gasteiger partial charge is 0.408 e. The lowest BCUT2D eigenvalue weighted by Crippen LogP contribution is -2.36. The molecule has 0 aliphatic carbocycles. The lowest BCUT2D eigenvalue weighted by molar-refractivity contribution is 0.138. The fourth-order valence-electron chi connectivity index (χ4n) is 1.28. The minimum atomic E-state index is -4.37. The summed E-state index contributed by atoms with van der Waals surface area (Å²) in [5, 5.41) is 2.18. The summed E-state index contributed by atoms with van der Waals surface area (Å²) in [7, 11) is -4.37. The topological polar surface area (TPSA) is 95.9 Å². The van der Waals surface area contributed by atoms with E-state index in [1.54, 1.807) is 18.4 Å². The maximum atomic E-state index is 11.5. The number of carbonyl (C=O) groups excluding carboxylic acids is 1. The number of hydrogen-bond donors (Lipinski definition) is 3. The van der Waals surface area contributed by atoms with Gasteiger partial charge in [-0.3, -0.25) is 4.57 Å². The van der Waals surface area contributed by atoms with Gasteiger partial charge in [0, 0.05) is 5.75 Å². The maximum absolute atomic E-state index is 11.5. The van der Waals surface area contributed by atoms with Crippen LogP contribution in [0.2, 0.25) is 0 Å². The molecule has 1 unspecified atom stereocenters. The van der Waals surface area contributed by atoms with Crippen LogP contribution in [0.4, 0.5) is 4.79 Å². The summed E-state index contributed by atoms with van der Waals surface area (Å²) in [5.41, 5.74) is 0.801. The summed E-state index contributed by atoms with van der Waals surface area (Å²) < 4.78 is 16.0. The Morgan fingerprint density at radius 3 is 2.58 bits per heavy atom. The van der Waals surface area contributed by atoms with E-state index in [9.17, 15) is 9.36 Å². The van der Waals surface area contributed by atoms with E-state index in [4.69, 9.17) is 14.5 Å². The third kappa shape index (κ3) is 6.11. The molecule has 1 aromatic carbocycles. The molecule has 0 heterocycles. The zero-order valence-electron chi connectivity index (χ0n) is 10.4. The Balaban J connectivity index is 2.47. The van der Waals surface area contributed by atoms with E-state index in [2.05, 4.69) is 5.32 Å². The highest BCUT2D eigenvalue weighted by atomic mass is 32.2. The minimum Gasteiger partial charge on any atom is -0.445 e. The van der Waals surface area contributed by atoms with Crippen molar-refractivity contribution in [2.45, 2.75) is 12.4 Å². The van der Waals surface area contributed by atoms with Gasteiger partial charge in [-0.25, -0.2) is 4.79 Å². The summed E-state index contributed by atoms with van der Waals surface area (Å²) in [6.07, 6.45) is 0.853. The molecule has 1 aromatic rings. The average Bonchev–Trinajstić information content (AvgIpc) is 2.36. The van der Waals surface area contributed by atoms with E-state index in [1.165, 1.54) is 11.8 Å². The zero-order chi connectivity index (χ0) is 14.3. The van der Waals surface area contributed by atoms with Crippen LogP contribution in [0.5, 0.6) is 0 Å². The van der Waals surface area contributed by atoms with Crippen LogP contribution in [-0.4, -0.2) is 33.7 Å². The van der Waals surface area contributed by atoms with Crippen molar-refractivity contribution >= 4 is 25.5 Å². The summed E-state index contributed by atoms with van der Waals surface area (Å²) in [6, 6.07) is 9.03. The van der Waals surface area contributed by atoms with Gasteiger partial charge in [0.15, 0.2) is 0 Å². The number of rotatable bonds is 6. The fraction of sp³-hybridized carbons (Fsp3) is 0.364. The van der Waals surface area contributed by atoms with Crippen LogP contribution in [0, 0.1) is 0 Å². The number of benzene rings is 1. The van der Waals surface area contributed by atoms with Crippen LogP contribution in [0.3, 0.4) is 0 Å². The van der Waals surface area contributed by atoms with E-state index in [0.29, 0.717) is 0 Å². The second-order valence-electron chi connectivity index (χ2n) is 3.77. The van der Waals surface area contributed by atoms with Crippen LogP contribution in [0.25, 0.3) is 0 Å². The third-order valence-corrected chi connectivity index (χ3v) is 4.27. The fourth-order valence-corrected chi connectivity index (χ4v) is 3.18. The molecule has 1 atom stereocenters. The number of alkyl carbamates (subject to hydrolysis) is 1. The van der Waals surface area contributed by atoms with E-state index < -0.39 is 19.5 Å². The first kappa shape index (κ1) is 16.0. The SMILES string of the molecule is CSCC(NC(=O)OCc1ccccc1)P(=O)(O)O. The van der Waals surface area contributed by atoms with E-state index >= 15 is 0 Å². The number of nitrogens with one attached hydrogen (secondary N) is 1. The van der Waals surface area contributed by atoms with Crippen molar-refractivity contribution in [3.05, 3.63) is 35.9 Å². The quantitative estimate of drug-likeness (QED) is 0.693. The Morgan fingerprint density at radius 2 is 2.05 bits per heavy atom. The molecule has 8 heteroatoms. The summed E-state index contributed by atoms with van der Waals surface area (Å²) in [5.74, 6) is -1.11. The van der Waals surface area contributed by atoms with Gasteiger partial charge in [0.1, 0.15) is 12.4 Å². The van der Waals surface area contributed by atoms with Crippen molar-refractivity contribution in [2.24, 2.45) is 0 Å². The molecule has 0 fully saturated rings. The molecule has 3 N–H and O–H groups in total.